The van der Waals surface area contributed by atoms with Gasteiger partial charge in [-0.2, -0.15) is 0 Å². The first-order chi connectivity index (χ1) is 13.9. The second-order valence-corrected chi connectivity index (χ2v) is 9.03. The maximum Gasteiger partial charge on any atom is 0.273 e. The van der Waals surface area contributed by atoms with E-state index in [2.05, 4.69) is 0 Å². The van der Waals surface area contributed by atoms with Crippen molar-refractivity contribution in [2.45, 2.75) is 0 Å². The molecular weight excluding hydrogens is 448 g/mol. The first-order valence-corrected chi connectivity index (χ1v) is 10.7. The number of hydrogen-bond donors (Lipinski definition) is 3. The Kier molecular flexibility index (Phi) is 5.22. The van der Waals surface area contributed by atoms with Crippen molar-refractivity contribution in [1.29, 1.82) is 5.41 Å². The van der Waals surface area contributed by atoms with Crippen LogP contribution in [0.4, 0.5) is 5.69 Å². The van der Waals surface area contributed by atoms with Crippen molar-refractivity contribution in [2.24, 2.45) is 5.73 Å². The smallest absolute Gasteiger partial charge is 0.273 e. The Labute approximate surface area is 183 Å². The van der Waals surface area contributed by atoms with Gasteiger partial charge in [0.05, 0.1) is 5.69 Å². The molecule has 2 aromatic carbocycles. The minimum atomic E-state index is -0.468. The highest BCUT2D eigenvalue weighted by molar-refractivity contribution is 8.31. The molecule has 4 N–H and O–H groups in total. The van der Waals surface area contributed by atoms with Crippen molar-refractivity contribution >= 4 is 73.6 Å². The summed E-state index contributed by atoms with van der Waals surface area (Å²) in [4.78, 5) is 15.0. The molecule has 0 atom stereocenters. The highest BCUT2D eigenvalue weighted by atomic mass is 35.5. The molecule has 1 fully saturated rings. The lowest BCUT2D eigenvalue weighted by molar-refractivity contribution is -0.112. The number of carbonyl (C=O) groups excluding carboxylic acids is 1. The van der Waals surface area contributed by atoms with E-state index in [0.717, 1.165) is 23.1 Å². The summed E-state index contributed by atoms with van der Waals surface area (Å²) >= 11 is 13.6. The number of carbonyl (C=O) groups is 1. The van der Waals surface area contributed by atoms with Gasteiger partial charge in [0.25, 0.3) is 5.91 Å². The maximum atomic E-state index is 13.3. The number of halogens is 1. The molecule has 3 aromatic rings. The highest BCUT2D eigenvalue weighted by Gasteiger charge is 2.35. The van der Waals surface area contributed by atoms with Crippen LogP contribution >= 0.6 is 46.9 Å². The number of thiazole rings is 1. The molecule has 0 unspecified atom stereocenters. The molecule has 10 heteroatoms. The van der Waals surface area contributed by atoms with E-state index >= 15 is 0 Å². The van der Waals surface area contributed by atoms with Gasteiger partial charge in [-0.3, -0.25) is 19.7 Å². The standard InChI is InChI=1S/C19H13ClN4O2S3/c20-10-6-8-12(9-7-10)24-17(26)14(29-19(24)27)18-23(11-4-2-1-3-5-11)15(21)13(28-18)16(22)25/h1-9,21,25H,22H2/b16-13-,18-14+,21-15?. The lowest BCUT2D eigenvalue weighted by Crippen LogP contribution is -2.34. The third kappa shape index (κ3) is 3.46. The number of aromatic nitrogens is 1. The van der Waals surface area contributed by atoms with Crippen molar-refractivity contribution in [2.75, 3.05) is 4.90 Å². The lowest BCUT2D eigenvalue weighted by Gasteiger charge is -2.14. The third-order valence-electron chi connectivity index (χ3n) is 4.14. The third-order valence-corrected chi connectivity index (χ3v) is 7.07. The molecule has 1 aromatic heterocycles. The van der Waals surface area contributed by atoms with Crippen molar-refractivity contribution in [1.82, 2.24) is 4.57 Å². The van der Waals surface area contributed by atoms with E-state index in [4.69, 9.17) is 35.0 Å². The van der Waals surface area contributed by atoms with Gasteiger partial charge in [-0.25, -0.2) is 0 Å². The fourth-order valence-corrected chi connectivity index (χ4v) is 5.43. The van der Waals surface area contributed by atoms with Crippen LogP contribution in [0.1, 0.15) is 0 Å². The molecule has 0 saturated carbocycles. The van der Waals surface area contributed by atoms with Gasteiger partial charge in [0, 0.05) is 10.7 Å². The Bertz CT molecular complexity index is 1310. The van der Waals surface area contributed by atoms with Crippen molar-refractivity contribution in [3.63, 3.8) is 0 Å². The van der Waals surface area contributed by atoms with Gasteiger partial charge in [0.2, 0.25) is 5.88 Å². The SMILES string of the molecule is N=c1/c(=C(\N)O)s/c(=C2/SC(=S)N(c3ccc(Cl)cc3)C2=O)n1-c1ccccc1. The fourth-order valence-electron chi connectivity index (χ4n) is 2.85. The first kappa shape index (κ1) is 19.7. The predicted molar refractivity (Wildman–Crippen MR) is 122 cm³/mol. The largest absolute Gasteiger partial charge is 0.494 e. The number of thiocarbonyl (C=S) groups is 1. The van der Waals surface area contributed by atoms with Crippen LogP contribution in [0.5, 0.6) is 0 Å². The molecule has 29 heavy (non-hydrogen) atoms. The summed E-state index contributed by atoms with van der Waals surface area (Å²) in [6.45, 7) is 0. The molecule has 1 saturated heterocycles. The topological polar surface area (TPSA) is 95.3 Å². The predicted octanol–water partition coefficient (Wildman–Crippen LogP) is 2.43. The molecule has 146 valence electrons. The van der Waals surface area contributed by atoms with Crippen LogP contribution in [0.2, 0.25) is 5.02 Å². The van der Waals surface area contributed by atoms with Crippen LogP contribution in [-0.4, -0.2) is 19.9 Å². The van der Waals surface area contributed by atoms with Crippen LogP contribution in [0, 0.1) is 5.41 Å². The minimum Gasteiger partial charge on any atom is -0.494 e. The lowest BCUT2D eigenvalue weighted by atomic mass is 10.3. The monoisotopic (exact) mass is 460 g/mol. The van der Waals surface area contributed by atoms with E-state index in [9.17, 15) is 9.90 Å². The molecule has 1 aliphatic rings. The second kappa shape index (κ2) is 7.68. The Morgan fingerprint density at radius 2 is 1.76 bits per heavy atom. The van der Waals surface area contributed by atoms with Gasteiger partial charge in [-0.15, -0.1) is 11.3 Å². The number of thioether (sulfide) groups is 1. The molecule has 1 aliphatic heterocycles. The maximum absolute atomic E-state index is 13.3. The molecule has 1 amide bonds. The van der Waals surface area contributed by atoms with Crippen molar-refractivity contribution in [3.8, 4) is 5.69 Å². The summed E-state index contributed by atoms with van der Waals surface area (Å²) in [5.41, 5.74) is 6.84. The zero-order chi connectivity index (χ0) is 20.7. The quantitative estimate of drug-likeness (QED) is 0.510. The number of aliphatic hydroxyl groups excluding tert-OH is 1. The molecule has 0 spiro atoms. The number of nitrogens with one attached hydrogen (secondary N) is 1. The number of amides is 1. The zero-order valence-electron chi connectivity index (χ0n) is 14.6. The molecule has 4 rings (SSSR count). The molecule has 2 heterocycles. The molecule has 0 aliphatic carbocycles. The Balaban J connectivity index is 1.99. The van der Waals surface area contributed by atoms with Gasteiger partial charge in [-0.1, -0.05) is 53.8 Å². The van der Waals surface area contributed by atoms with E-state index in [1.807, 2.05) is 30.3 Å². The second-order valence-electron chi connectivity index (χ2n) is 5.96. The summed E-state index contributed by atoms with van der Waals surface area (Å²) in [7, 11) is 0. The van der Waals surface area contributed by atoms with Crippen LogP contribution in [-0.2, 0) is 4.79 Å². The van der Waals surface area contributed by atoms with Gasteiger partial charge >= 0.3 is 0 Å². The Morgan fingerprint density at radius 3 is 2.38 bits per heavy atom. The van der Waals surface area contributed by atoms with Crippen LogP contribution in [0.3, 0.4) is 0 Å². The van der Waals surface area contributed by atoms with Gasteiger partial charge in [-0.05, 0) is 36.4 Å². The summed E-state index contributed by atoms with van der Waals surface area (Å²) in [6, 6.07) is 15.9. The number of hydrogen-bond acceptors (Lipinski definition) is 7. The van der Waals surface area contributed by atoms with Crippen LogP contribution in [0.25, 0.3) is 16.5 Å². The average molecular weight is 461 g/mol. The fraction of sp³-hybridized carbons (Fsp3) is 0. The molecule has 6 nitrogen and oxygen atoms in total. The van der Waals surface area contributed by atoms with Gasteiger partial charge in [0.15, 0.2) is 9.81 Å². The molecular formula is C19H13ClN4O2S3. The highest BCUT2D eigenvalue weighted by Crippen LogP contribution is 2.35. The van der Waals surface area contributed by atoms with Crippen molar-refractivity contribution in [3.05, 3.63) is 74.3 Å². The number of nitrogens with two attached hydrogens (primary N) is 1. The van der Waals surface area contributed by atoms with Crippen LogP contribution < -0.4 is 25.3 Å². The number of anilines is 1. The first-order valence-electron chi connectivity index (χ1n) is 8.25. The van der Waals surface area contributed by atoms with E-state index in [1.165, 1.54) is 4.90 Å². The number of aliphatic hydroxyl groups is 1. The number of rotatable bonds is 2. The minimum absolute atomic E-state index is 0.00652. The van der Waals surface area contributed by atoms with E-state index < -0.39 is 5.88 Å². The van der Waals surface area contributed by atoms with Gasteiger partial charge in [0.1, 0.15) is 14.1 Å². The van der Waals surface area contributed by atoms with Crippen molar-refractivity contribution < 1.29 is 9.90 Å². The van der Waals surface area contributed by atoms with Crippen LogP contribution in [0.15, 0.2) is 54.6 Å². The number of nitrogens with zero attached hydrogens (tertiary/aromatic N) is 2. The summed E-state index contributed by atoms with van der Waals surface area (Å²) < 4.78 is 2.61. The molecule has 0 bridgehead atoms. The van der Waals surface area contributed by atoms with Gasteiger partial charge < -0.3 is 10.8 Å². The van der Waals surface area contributed by atoms with E-state index in [-0.39, 0.29) is 15.9 Å². The number of para-hydroxylation sites is 1. The zero-order valence-corrected chi connectivity index (χ0v) is 17.8. The summed E-state index contributed by atoms with van der Waals surface area (Å²) in [6.07, 6.45) is 0. The van der Waals surface area contributed by atoms with E-state index in [0.29, 0.717) is 30.3 Å². The summed E-state index contributed by atoms with van der Waals surface area (Å²) in [5, 5.41) is 18.9. The number of benzene rings is 2. The Hall–Kier alpha value is -2.59. The Morgan fingerprint density at radius 1 is 1.10 bits per heavy atom. The molecule has 0 radical (unpaired) electrons. The summed E-state index contributed by atoms with van der Waals surface area (Å²) in [5.74, 6) is -0.777. The van der Waals surface area contributed by atoms with E-state index in [1.54, 1.807) is 28.8 Å². The average Bonchev–Trinajstić information content (AvgIpc) is 3.19. The normalized spacial score (nSPS) is 17.1.